The maximum absolute atomic E-state index is 12.6. The van der Waals surface area contributed by atoms with Crippen LogP contribution in [-0.4, -0.2) is 24.2 Å². The molecule has 26 heavy (non-hydrogen) atoms. The fraction of sp³-hybridized carbons (Fsp3) is 0.158. The van der Waals surface area contributed by atoms with Crippen molar-refractivity contribution in [2.75, 3.05) is 13.3 Å². The molecule has 7 heteroatoms. The Morgan fingerprint density at radius 3 is 2.65 bits per heavy atom. The number of carbonyl (C=O) groups excluding carboxylic acids is 1. The Hall–Kier alpha value is -2.99. The number of H-pyrrole nitrogens is 1. The first kappa shape index (κ1) is 16.5. The third kappa shape index (κ3) is 3.11. The summed E-state index contributed by atoms with van der Waals surface area (Å²) in [7, 11) is 0. The number of amides is 1. The lowest BCUT2D eigenvalue weighted by Crippen LogP contribution is -2.30. The van der Waals surface area contributed by atoms with Gasteiger partial charge in [-0.15, -0.1) is 0 Å². The quantitative estimate of drug-likeness (QED) is 0.740. The van der Waals surface area contributed by atoms with Crippen LogP contribution in [0.3, 0.4) is 0 Å². The Morgan fingerprint density at radius 2 is 1.88 bits per heavy atom. The molecule has 2 aromatic carbocycles. The summed E-state index contributed by atoms with van der Waals surface area (Å²) in [6, 6.07) is 10.7. The van der Waals surface area contributed by atoms with E-state index >= 15 is 0 Å². The van der Waals surface area contributed by atoms with Gasteiger partial charge in [0.05, 0.1) is 10.9 Å². The minimum atomic E-state index is -0.417. The van der Waals surface area contributed by atoms with Gasteiger partial charge in [0.15, 0.2) is 11.5 Å². The smallest absolute Gasteiger partial charge is 0.256 e. The predicted octanol–water partition coefficient (Wildman–Crippen LogP) is 2.88. The molecule has 0 bridgehead atoms. The lowest BCUT2D eigenvalue weighted by atomic mass is 10.1. The van der Waals surface area contributed by atoms with Gasteiger partial charge < -0.3 is 19.8 Å². The zero-order valence-corrected chi connectivity index (χ0v) is 14.4. The van der Waals surface area contributed by atoms with Crippen molar-refractivity contribution < 1.29 is 14.3 Å². The van der Waals surface area contributed by atoms with Crippen LogP contribution in [0.15, 0.2) is 47.4 Å². The summed E-state index contributed by atoms with van der Waals surface area (Å²) in [5.74, 6) is 0.663. The van der Waals surface area contributed by atoms with Crippen molar-refractivity contribution in [3.05, 3.63) is 69.0 Å². The van der Waals surface area contributed by atoms with Crippen molar-refractivity contribution >= 4 is 28.4 Å². The number of aromatic amines is 1. The summed E-state index contributed by atoms with van der Waals surface area (Å²) in [5.41, 5.74) is 1.36. The van der Waals surface area contributed by atoms with Gasteiger partial charge in [-0.3, -0.25) is 9.59 Å². The number of halogens is 1. The van der Waals surface area contributed by atoms with Crippen LogP contribution in [0.1, 0.15) is 15.9 Å². The number of hydrogen-bond donors (Lipinski definition) is 2. The second kappa shape index (κ2) is 6.72. The second-order valence-electron chi connectivity index (χ2n) is 5.91. The fourth-order valence-electron chi connectivity index (χ4n) is 2.85. The number of hydrogen-bond acceptors (Lipinski definition) is 4. The van der Waals surface area contributed by atoms with E-state index in [0.29, 0.717) is 40.4 Å². The summed E-state index contributed by atoms with van der Waals surface area (Å²) in [6.07, 6.45) is 2.07. The van der Waals surface area contributed by atoms with Gasteiger partial charge in [-0.25, -0.2) is 0 Å². The average molecular weight is 371 g/mol. The molecule has 1 aliphatic heterocycles. The number of benzene rings is 2. The summed E-state index contributed by atoms with van der Waals surface area (Å²) < 4.78 is 10.6. The van der Waals surface area contributed by atoms with Gasteiger partial charge in [0.25, 0.3) is 5.91 Å². The molecular formula is C19H15ClN2O4. The van der Waals surface area contributed by atoms with Crippen molar-refractivity contribution in [2.45, 2.75) is 6.42 Å². The zero-order chi connectivity index (χ0) is 18.1. The van der Waals surface area contributed by atoms with Crippen molar-refractivity contribution in [3.63, 3.8) is 0 Å². The van der Waals surface area contributed by atoms with Crippen LogP contribution in [0.2, 0.25) is 5.02 Å². The predicted molar refractivity (Wildman–Crippen MR) is 98.2 cm³/mol. The zero-order valence-electron chi connectivity index (χ0n) is 13.7. The van der Waals surface area contributed by atoms with Gasteiger partial charge in [0.1, 0.15) is 5.56 Å². The van der Waals surface area contributed by atoms with Gasteiger partial charge in [-0.05, 0) is 30.2 Å². The van der Waals surface area contributed by atoms with E-state index in [1.54, 1.807) is 24.3 Å². The third-order valence-electron chi connectivity index (χ3n) is 4.23. The molecule has 0 aliphatic carbocycles. The molecule has 1 aliphatic rings. The molecule has 0 radical (unpaired) electrons. The number of aromatic nitrogens is 1. The topological polar surface area (TPSA) is 80.4 Å². The highest BCUT2D eigenvalue weighted by Crippen LogP contribution is 2.34. The third-order valence-corrected chi connectivity index (χ3v) is 4.48. The van der Waals surface area contributed by atoms with Crippen molar-refractivity contribution in [3.8, 4) is 11.5 Å². The molecule has 0 saturated carbocycles. The molecule has 132 valence electrons. The van der Waals surface area contributed by atoms with Crippen molar-refractivity contribution in [1.29, 1.82) is 0 Å². The monoisotopic (exact) mass is 370 g/mol. The van der Waals surface area contributed by atoms with Gasteiger partial charge in [0.2, 0.25) is 12.2 Å². The molecule has 3 aromatic rings. The Bertz CT molecular complexity index is 1040. The number of nitrogens with one attached hydrogen (secondary N) is 2. The molecule has 2 N–H and O–H groups in total. The summed E-state index contributed by atoms with van der Waals surface area (Å²) in [4.78, 5) is 28.0. The molecule has 0 atom stereocenters. The van der Waals surface area contributed by atoms with Gasteiger partial charge in [0, 0.05) is 23.8 Å². The molecule has 4 rings (SSSR count). The summed E-state index contributed by atoms with van der Waals surface area (Å²) in [6.45, 7) is 0.539. The Kier molecular flexibility index (Phi) is 4.26. The number of rotatable bonds is 4. The van der Waals surface area contributed by atoms with E-state index in [1.165, 1.54) is 6.20 Å². The first-order chi connectivity index (χ1) is 12.6. The van der Waals surface area contributed by atoms with Crippen LogP contribution in [0.4, 0.5) is 0 Å². The number of carbonyl (C=O) groups is 1. The first-order valence-corrected chi connectivity index (χ1v) is 8.47. The lowest BCUT2D eigenvalue weighted by molar-refractivity contribution is 0.0953. The molecule has 6 nitrogen and oxygen atoms in total. The minimum absolute atomic E-state index is 0.0625. The SMILES string of the molecule is O=C(NCCc1ccc(Cl)cc1)c1c[nH]c2cc3c(cc2c1=O)OCO3. The Morgan fingerprint density at radius 1 is 1.15 bits per heavy atom. The van der Waals surface area contributed by atoms with Crippen LogP contribution in [0, 0.1) is 0 Å². The molecule has 0 spiro atoms. The summed E-state index contributed by atoms with van der Waals surface area (Å²) in [5, 5.41) is 3.83. The Labute approximate surface area is 153 Å². The molecule has 1 amide bonds. The normalized spacial score (nSPS) is 12.3. The molecule has 0 unspecified atom stereocenters. The van der Waals surface area contributed by atoms with E-state index in [9.17, 15) is 9.59 Å². The van der Waals surface area contributed by atoms with E-state index in [4.69, 9.17) is 21.1 Å². The number of fused-ring (bicyclic) bond motifs is 2. The van der Waals surface area contributed by atoms with E-state index in [-0.39, 0.29) is 17.8 Å². The standard InChI is InChI=1S/C19H15ClN2O4/c20-12-3-1-11(2-4-12)5-6-21-19(24)14-9-22-15-8-17-16(25-10-26-17)7-13(15)18(14)23/h1-4,7-9H,5-6,10H2,(H,21,24)(H,22,23). The van der Waals surface area contributed by atoms with Crippen LogP contribution in [0.25, 0.3) is 10.9 Å². The van der Waals surface area contributed by atoms with Crippen LogP contribution in [0.5, 0.6) is 11.5 Å². The minimum Gasteiger partial charge on any atom is -0.454 e. The van der Waals surface area contributed by atoms with Gasteiger partial charge in [-0.1, -0.05) is 23.7 Å². The van der Waals surface area contributed by atoms with E-state index in [2.05, 4.69) is 10.3 Å². The first-order valence-electron chi connectivity index (χ1n) is 8.09. The summed E-state index contributed by atoms with van der Waals surface area (Å²) >= 11 is 5.85. The molecule has 1 aromatic heterocycles. The maximum atomic E-state index is 12.6. The highest BCUT2D eigenvalue weighted by Gasteiger charge is 2.18. The molecule has 0 saturated heterocycles. The number of ether oxygens (including phenoxy) is 2. The molecule has 0 fully saturated rings. The van der Waals surface area contributed by atoms with Crippen LogP contribution in [-0.2, 0) is 6.42 Å². The second-order valence-corrected chi connectivity index (χ2v) is 6.35. The lowest BCUT2D eigenvalue weighted by Gasteiger charge is -2.07. The van der Waals surface area contributed by atoms with E-state index < -0.39 is 5.91 Å². The highest BCUT2D eigenvalue weighted by molar-refractivity contribution is 6.30. The van der Waals surface area contributed by atoms with Crippen molar-refractivity contribution in [1.82, 2.24) is 10.3 Å². The molecule has 2 heterocycles. The number of pyridine rings is 1. The average Bonchev–Trinajstić information content (AvgIpc) is 3.09. The van der Waals surface area contributed by atoms with Crippen LogP contribution >= 0.6 is 11.6 Å². The molecular weight excluding hydrogens is 356 g/mol. The van der Waals surface area contributed by atoms with Gasteiger partial charge in [-0.2, -0.15) is 0 Å². The highest BCUT2D eigenvalue weighted by atomic mass is 35.5. The fourth-order valence-corrected chi connectivity index (χ4v) is 2.97. The van der Waals surface area contributed by atoms with Crippen LogP contribution < -0.4 is 20.2 Å². The Balaban J connectivity index is 1.51. The van der Waals surface area contributed by atoms with Gasteiger partial charge >= 0.3 is 0 Å². The van der Waals surface area contributed by atoms with E-state index in [0.717, 1.165) is 5.56 Å². The van der Waals surface area contributed by atoms with E-state index in [1.807, 2.05) is 12.1 Å². The maximum Gasteiger partial charge on any atom is 0.256 e. The largest absolute Gasteiger partial charge is 0.454 e. The van der Waals surface area contributed by atoms with Crippen molar-refractivity contribution in [2.24, 2.45) is 0 Å².